The van der Waals surface area contributed by atoms with Crippen molar-refractivity contribution in [3.8, 4) is 0 Å². The van der Waals surface area contributed by atoms with E-state index in [0.29, 0.717) is 19.6 Å². The van der Waals surface area contributed by atoms with Gasteiger partial charge < -0.3 is 15.6 Å². The molecule has 21 heavy (non-hydrogen) atoms. The number of nitrogen functional groups attached to an aromatic ring is 1. The number of nitrogens with one attached hydrogen (secondary N) is 1. The number of rotatable bonds is 6. The summed E-state index contributed by atoms with van der Waals surface area (Å²) in [7, 11) is -3.81. The number of nitrogens with zero attached hydrogens (tertiary/aromatic N) is 2. The number of hydrogen-bond acceptors (Lipinski definition) is 6. The fourth-order valence-electron chi connectivity index (χ4n) is 2.27. The summed E-state index contributed by atoms with van der Waals surface area (Å²) in [5.74, 6) is -0.0429. The van der Waals surface area contributed by atoms with Crippen LogP contribution in [0.2, 0.25) is 0 Å². The van der Waals surface area contributed by atoms with Crippen molar-refractivity contribution in [2.75, 3.05) is 18.9 Å². The van der Waals surface area contributed by atoms with Crippen LogP contribution >= 0.6 is 0 Å². The molecule has 1 fully saturated rings. The van der Waals surface area contributed by atoms with Gasteiger partial charge >= 0.3 is 0 Å². The Morgan fingerprint density at radius 1 is 1.67 bits per heavy atom. The number of ether oxygens (including phenoxy) is 1. The number of hydrogen-bond donors (Lipinski definition) is 3. The van der Waals surface area contributed by atoms with Gasteiger partial charge in [0, 0.05) is 32.3 Å². The quantitative estimate of drug-likeness (QED) is 0.662. The van der Waals surface area contributed by atoms with Crippen LogP contribution in [0.15, 0.2) is 11.1 Å². The molecule has 2 heterocycles. The van der Waals surface area contributed by atoms with Crippen molar-refractivity contribution < 1.29 is 18.3 Å². The third kappa shape index (κ3) is 3.37. The molecule has 1 aromatic heterocycles. The average Bonchev–Trinajstić information content (AvgIpc) is 2.93. The first-order valence-electron chi connectivity index (χ1n) is 6.95. The number of aromatic nitrogens is 2. The topological polar surface area (TPSA) is 119 Å². The predicted molar refractivity (Wildman–Crippen MR) is 77.1 cm³/mol. The van der Waals surface area contributed by atoms with Crippen LogP contribution in [-0.4, -0.2) is 48.2 Å². The second kappa shape index (κ2) is 5.91. The van der Waals surface area contributed by atoms with E-state index in [4.69, 9.17) is 10.5 Å². The first-order valence-corrected chi connectivity index (χ1v) is 8.43. The highest BCUT2D eigenvalue weighted by Gasteiger charge is 2.40. The molecule has 2 rings (SSSR count). The number of aryl methyl sites for hydroxylation is 1. The van der Waals surface area contributed by atoms with Crippen LogP contribution in [0.3, 0.4) is 0 Å². The number of nitrogens with two attached hydrogens (primary N) is 1. The fourth-order valence-corrected chi connectivity index (χ4v) is 3.44. The fraction of sp³-hybridized carbons (Fsp3) is 0.750. The Balaban J connectivity index is 2.11. The first-order chi connectivity index (χ1) is 9.78. The predicted octanol–water partition coefficient (Wildman–Crippen LogP) is -0.306. The minimum absolute atomic E-state index is 0.0429. The summed E-state index contributed by atoms with van der Waals surface area (Å²) in [6.07, 6.45) is 2.20. The molecular weight excluding hydrogens is 296 g/mol. The largest absolute Gasteiger partial charge is 0.386 e. The Hall–Kier alpha value is -1.16. The van der Waals surface area contributed by atoms with E-state index < -0.39 is 21.7 Å². The highest BCUT2D eigenvalue weighted by atomic mass is 32.2. The van der Waals surface area contributed by atoms with E-state index in [-0.39, 0.29) is 17.3 Å². The molecule has 1 aliphatic rings. The van der Waals surface area contributed by atoms with Crippen molar-refractivity contribution in [1.82, 2.24) is 14.5 Å². The van der Waals surface area contributed by atoms with Crippen LogP contribution in [0, 0.1) is 0 Å². The molecule has 1 saturated heterocycles. The molecule has 120 valence electrons. The van der Waals surface area contributed by atoms with Crippen LogP contribution in [0.25, 0.3) is 0 Å². The lowest BCUT2D eigenvalue weighted by molar-refractivity contribution is -0.0228. The van der Waals surface area contributed by atoms with Crippen LogP contribution in [-0.2, 0) is 21.3 Å². The van der Waals surface area contributed by atoms with Gasteiger partial charge in [0.05, 0.1) is 6.10 Å². The van der Waals surface area contributed by atoms with Gasteiger partial charge in [-0.2, -0.15) is 5.10 Å². The molecule has 0 saturated carbocycles. The summed E-state index contributed by atoms with van der Waals surface area (Å²) < 4.78 is 33.7. The zero-order valence-corrected chi connectivity index (χ0v) is 13.1. The average molecular weight is 318 g/mol. The second-order valence-electron chi connectivity index (χ2n) is 5.33. The van der Waals surface area contributed by atoms with Gasteiger partial charge in [-0.15, -0.1) is 0 Å². The highest BCUT2D eigenvalue weighted by molar-refractivity contribution is 7.89. The molecule has 8 nitrogen and oxygen atoms in total. The monoisotopic (exact) mass is 318 g/mol. The Kier molecular flexibility index (Phi) is 4.57. The van der Waals surface area contributed by atoms with E-state index in [0.717, 1.165) is 6.42 Å². The number of aliphatic hydroxyl groups is 1. The second-order valence-corrected chi connectivity index (χ2v) is 7.07. The van der Waals surface area contributed by atoms with Crippen molar-refractivity contribution in [3.05, 3.63) is 6.20 Å². The van der Waals surface area contributed by atoms with Gasteiger partial charge in [0.25, 0.3) is 0 Å². The molecule has 0 radical (unpaired) electrons. The van der Waals surface area contributed by atoms with E-state index in [1.165, 1.54) is 10.9 Å². The molecule has 0 aliphatic carbocycles. The van der Waals surface area contributed by atoms with Crippen LogP contribution < -0.4 is 10.5 Å². The Morgan fingerprint density at radius 3 is 2.95 bits per heavy atom. The summed E-state index contributed by atoms with van der Waals surface area (Å²) in [4.78, 5) is -0.0638. The molecule has 1 aliphatic heterocycles. The molecule has 2 unspecified atom stereocenters. The maximum atomic E-state index is 12.3. The third-order valence-electron chi connectivity index (χ3n) is 3.72. The summed E-state index contributed by atoms with van der Waals surface area (Å²) >= 11 is 0. The maximum absolute atomic E-state index is 12.3. The van der Waals surface area contributed by atoms with E-state index >= 15 is 0 Å². The van der Waals surface area contributed by atoms with E-state index in [2.05, 4.69) is 9.82 Å². The molecule has 0 spiro atoms. The van der Waals surface area contributed by atoms with Gasteiger partial charge in [-0.3, -0.25) is 4.68 Å². The summed E-state index contributed by atoms with van der Waals surface area (Å²) in [5.41, 5.74) is 4.47. The molecule has 0 amide bonds. The maximum Gasteiger partial charge on any atom is 0.245 e. The van der Waals surface area contributed by atoms with Gasteiger partial charge in [0.15, 0.2) is 5.82 Å². The lowest BCUT2D eigenvalue weighted by Crippen LogP contribution is -2.47. The SMILES string of the molecule is CCCn1cc(S(=O)(=O)NCC2(O)CCOC2C)c(N)n1. The summed E-state index contributed by atoms with van der Waals surface area (Å²) in [6, 6.07) is 0. The van der Waals surface area contributed by atoms with Crippen LogP contribution in [0.4, 0.5) is 5.82 Å². The normalized spacial score (nSPS) is 26.3. The lowest BCUT2D eigenvalue weighted by atomic mass is 9.97. The van der Waals surface area contributed by atoms with Crippen molar-refractivity contribution in [1.29, 1.82) is 0 Å². The first kappa shape index (κ1) is 16.2. The van der Waals surface area contributed by atoms with E-state index in [1.54, 1.807) is 6.92 Å². The van der Waals surface area contributed by atoms with E-state index in [1.807, 2.05) is 6.92 Å². The molecule has 0 bridgehead atoms. The van der Waals surface area contributed by atoms with Crippen molar-refractivity contribution >= 4 is 15.8 Å². The van der Waals surface area contributed by atoms with Gasteiger partial charge in [0.1, 0.15) is 10.5 Å². The Morgan fingerprint density at radius 2 is 2.38 bits per heavy atom. The standard InChI is InChI=1S/C12H22N4O4S/c1-3-5-16-7-10(11(13)15-16)21(18,19)14-8-12(17)4-6-20-9(12)2/h7,9,14,17H,3-6,8H2,1-2H3,(H2,13,15). The van der Waals surface area contributed by atoms with Crippen LogP contribution in [0.1, 0.15) is 26.7 Å². The minimum atomic E-state index is -3.81. The number of anilines is 1. The molecule has 9 heteroatoms. The zero-order chi connectivity index (χ0) is 15.7. The van der Waals surface area contributed by atoms with Gasteiger partial charge in [0.2, 0.25) is 10.0 Å². The lowest BCUT2D eigenvalue weighted by Gasteiger charge is -2.25. The smallest absolute Gasteiger partial charge is 0.245 e. The molecular formula is C12H22N4O4S. The van der Waals surface area contributed by atoms with Crippen molar-refractivity contribution in [2.45, 2.75) is 49.8 Å². The van der Waals surface area contributed by atoms with Crippen molar-refractivity contribution in [2.24, 2.45) is 0 Å². The van der Waals surface area contributed by atoms with Crippen LogP contribution in [0.5, 0.6) is 0 Å². The highest BCUT2D eigenvalue weighted by Crippen LogP contribution is 2.25. The van der Waals surface area contributed by atoms with Gasteiger partial charge in [-0.1, -0.05) is 6.92 Å². The molecule has 4 N–H and O–H groups in total. The third-order valence-corrected chi connectivity index (χ3v) is 5.14. The van der Waals surface area contributed by atoms with Gasteiger partial charge in [-0.25, -0.2) is 13.1 Å². The Bertz CT molecular complexity index is 600. The Labute approximate surface area is 124 Å². The summed E-state index contributed by atoms with van der Waals surface area (Å²) in [5, 5.41) is 14.3. The molecule has 1 aromatic rings. The van der Waals surface area contributed by atoms with E-state index in [9.17, 15) is 13.5 Å². The minimum Gasteiger partial charge on any atom is -0.386 e. The summed E-state index contributed by atoms with van der Waals surface area (Å²) in [6.45, 7) is 4.57. The van der Waals surface area contributed by atoms with Gasteiger partial charge in [-0.05, 0) is 13.3 Å². The molecule has 0 aromatic carbocycles. The number of sulfonamides is 1. The molecule has 2 atom stereocenters. The zero-order valence-electron chi connectivity index (χ0n) is 12.2. The van der Waals surface area contributed by atoms with Crippen molar-refractivity contribution in [3.63, 3.8) is 0 Å².